The van der Waals surface area contributed by atoms with E-state index in [1.807, 2.05) is 27.7 Å². The molecule has 0 radical (unpaired) electrons. The Morgan fingerprint density at radius 2 is 1.90 bits per heavy atom. The van der Waals surface area contributed by atoms with Gasteiger partial charge in [0.15, 0.2) is 0 Å². The molecule has 0 aliphatic heterocycles. The molecule has 0 heterocycles. The van der Waals surface area contributed by atoms with Gasteiger partial charge in [0.05, 0.1) is 11.3 Å². The first-order chi connectivity index (χ1) is 9.11. The van der Waals surface area contributed by atoms with E-state index >= 15 is 0 Å². The summed E-state index contributed by atoms with van der Waals surface area (Å²) in [5, 5.41) is 13.8. The van der Waals surface area contributed by atoms with Crippen molar-refractivity contribution in [2.45, 2.75) is 33.7 Å². The SMILES string of the molecule is CC(NC(=O)Nc1cc(C(=O)O)ccc1F)C(C)(C)C. The molecule has 5 nitrogen and oxygen atoms in total. The third kappa shape index (κ3) is 4.22. The molecule has 3 N–H and O–H groups in total. The molecular formula is C14H19FN2O3. The number of carbonyl (C=O) groups excluding carboxylic acids is 1. The zero-order valence-electron chi connectivity index (χ0n) is 12.0. The molecule has 1 unspecified atom stereocenters. The van der Waals surface area contributed by atoms with Crippen LogP contribution < -0.4 is 10.6 Å². The minimum absolute atomic E-state index is 0.0921. The fourth-order valence-electron chi connectivity index (χ4n) is 1.33. The molecule has 1 atom stereocenters. The van der Waals surface area contributed by atoms with Crippen molar-refractivity contribution in [1.29, 1.82) is 0 Å². The lowest BCUT2D eigenvalue weighted by molar-refractivity contribution is 0.0697. The van der Waals surface area contributed by atoms with Crippen LogP contribution in [0.2, 0.25) is 0 Å². The summed E-state index contributed by atoms with van der Waals surface area (Å²) in [4.78, 5) is 22.6. The van der Waals surface area contributed by atoms with E-state index in [9.17, 15) is 14.0 Å². The molecule has 2 amide bonds. The zero-order valence-corrected chi connectivity index (χ0v) is 12.0. The van der Waals surface area contributed by atoms with Gasteiger partial charge in [-0.2, -0.15) is 0 Å². The highest BCUT2D eigenvalue weighted by atomic mass is 19.1. The summed E-state index contributed by atoms with van der Waals surface area (Å²) in [5.41, 5.74) is -0.396. The molecule has 0 aromatic heterocycles. The number of urea groups is 1. The highest BCUT2D eigenvalue weighted by molar-refractivity contribution is 5.93. The number of hydrogen-bond donors (Lipinski definition) is 3. The van der Waals surface area contributed by atoms with E-state index in [0.29, 0.717) is 0 Å². The summed E-state index contributed by atoms with van der Waals surface area (Å²) < 4.78 is 13.5. The van der Waals surface area contributed by atoms with Crippen molar-refractivity contribution in [3.63, 3.8) is 0 Å². The van der Waals surface area contributed by atoms with Gasteiger partial charge in [0.2, 0.25) is 0 Å². The molecule has 0 bridgehead atoms. The number of amides is 2. The maximum absolute atomic E-state index is 13.5. The first kappa shape index (κ1) is 15.9. The third-order valence-electron chi connectivity index (χ3n) is 3.11. The summed E-state index contributed by atoms with van der Waals surface area (Å²) in [6.07, 6.45) is 0. The lowest BCUT2D eigenvalue weighted by Gasteiger charge is -2.28. The van der Waals surface area contributed by atoms with Crippen LogP contribution in [0.15, 0.2) is 18.2 Å². The molecule has 0 spiro atoms. The lowest BCUT2D eigenvalue weighted by atomic mass is 9.88. The third-order valence-corrected chi connectivity index (χ3v) is 3.11. The second-order valence-electron chi connectivity index (χ2n) is 5.69. The van der Waals surface area contributed by atoms with Gasteiger partial charge in [-0.05, 0) is 30.5 Å². The average molecular weight is 282 g/mol. The van der Waals surface area contributed by atoms with Crippen LogP contribution in [0, 0.1) is 11.2 Å². The van der Waals surface area contributed by atoms with Crippen LogP contribution in [0.5, 0.6) is 0 Å². The Labute approximate surface area is 117 Å². The minimum atomic E-state index is -1.18. The lowest BCUT2D eigenvalue weighted by Crippen LogP contribution is -2.43. The Bertz CT molecular complexity index is 524. The smallest absolute Gasteiger partial charge is 0.335 e. The van der Waals surface area contributed by atoms with Crippen LogP contribution in [0.4, 0.5) is 14.9 Å². The minimum Gasteiger partial charge on any atom is -0.478 e. The summed E-state index contributed by atoms with van der Waals surface area (Å²) >= 11 is 0. The molecule has 110 valence electrons. The average Bonchev–Trinajstić information content (AvgIpc) is 2.30. The monoisotopic (exact) mass is 282 g/mol. The van der Waals surface area contributed by atoms with Gasteiger partial charge >= 0.3 is 12.0 Å². The van der Waals surface area contributed by atoms with Crippen molar-refractivity contribution < 1.29 is 19.1 Å². The predicted octanol–water partition coefficient (Wildman–Crippen LogP) is 3.08. The maximum atomic E-state index is 13.5. The quantitative estimate of drug-likeness (QED) is 0.797. The Hall–Kier alpha value is -2.11. The molecule has 6 heteroatoms. The maximum Gasteiger partial charge on any atom is 0.335 e. The van der Waals surface area contributed by atoms with E-state index in [-0.39, 0.29) is 22.7 Å². The first-order valence-electron chi connectivity index (χ1n) is 6.21. The van der Waals surface area contributed by atoms with Crippen molar-refractivity contribution in [1.82, 2.24) is 5.32 Å². The van der Waals surface area contributed by atoms with Crippen LogP contribution in [-0.4, -0.2) is 23.1 Å². The van der Waals surface area contributed by atoms with Crippen LogP contribution in [-0.2, 0) is 0 Å². The van der Waals surface area contributed by atoms with E-state index in [1.165, 1.54) is 0 Å². The number of hydrogen-bond acceptors (Lipinski definition) is 2. The van der Waals surface area contributed by atoms with Gasteiger partial charge in [-0.25, -0.2) is 14.0 Å². The van der Waals surface area contributed by atoms with Gasteiger partial charge in [0.25, 0.3) is 0 Å². The second-order valence-corrected chi connectivity index (χ2v) is 5.69. The first-order valence-corrected chi connectivity index (χ1v) is 6.21. The summed E-state index contributed by atoms with van der Waals surface area (Å²) in [7, 11) is 0. The van der Waals surface area contributed by atoms with E-state index < -0.39 is 17.8 Å². The number of carbonyl (C=O) groups is 2. The van der Waals surface area contributed by atoms with Gasteiger partial charge in [-0.15, -0.1) is 0 Å². The molecular weight excluding hydrogens is 263 g/mol. The molecule has 1 rings (SSSR count). The van der Waals surface area contributed by atoms with Crippen LogP contribution in [0.3, 0.4) is 0 Å². The normalized spacial score (nSPS) is 12.7. The standard InChI is InChI=1S/C14H19FN2O3/c1-8(14(2,3)4)16-13(20)17-11-7-9(12(18)19)5-6-10(11)15/h5-8H,1-4H3,(H,18,19)(H2,16,17,20). The highest BCUT2D eigenvalue weighted by Crippen LogP contribution is 2.19. The fraction of sp³-hybridized carbons (Fsp3) is 0.429. The van der Waals surface area contributed by atoms with Crippen LogP contribution in [0.1, 0.15) is 38.1 Å². The van der Waals surface area contributed by atoms with Crippen molar-refractivity contribution in [2.75, 3.05) is 5.32 Å². The number of carboxylic acids is 1. The molecule has 0 aliphatic carbocycles. The zero-order chi connectivity index (χ0) is 15.5. The van der Waals surface area contributed by atoms with Gasteiger partial charge < -0.3 is 15.7 Å². The second kappa shape index (κ2) is 5.90. The summed E-state index contributed by atoms with van der Waals surface area (Å²) in [6.45, 7) is 7.72. The summed E-state index contributed by atoms with van der Waals surface area (Å²) in [6, 6.07) is 2.52. The Morgan fingerprint density at radius 1 is 1.30 bits per heavy atom. The molecule has 0 saturated heterocycles. The topological polar surface area (TPSA) is 78.4 Å². The predicted molar refractivity (Wildman–Crippen MR) is 74.4 cm³/mol. The van der Waals surface area contributed by atoms with Gasteiger partial charge in [0.1, 0.15) is 5.82 Å². The van der Waals surface area contributed by atoms with Gasteiger partial charge in [-0.1, -0.05) is 20.8 Å². The molecule has 0 aliphatic rings. The largest absolute Gasteiger partial charge is 0.478 e. The molecule has 1 aromatic rings. The Kier molecular flexibility index (Phi) is 4.70. The molecule has 1 aromatic carbocycles. The Balaban J connectivity index is 2.80. The number of nitrogens with one attached hydrogen (secondary N) is 2. The van der Waals surface area contributed by atoms with Crippen LogP contribution in [0.25, 0.3) is 0 Å². The van der Waals surface area contributed by atoms with E-state index in [1.54, 1.807) is 0 Å². The summed E-state index contributed by atoms with van der Waals surface area (Å²) in [5.74, 6) is -1.87. The number of aromatic carboxylic acids is 1. The van der Waals surface area contributed by atoms with Crippen molar-refractivity contribution >= 4 is 17.7 Å². The number of rotatable bonds is 3. The number of benzene rings is 1. The van der Waals surface area contributed by atoms with E-state index in [2.05, 4.69) is 10.6 Å². The van der Waals surface area contributed by atoms with Crippen LogP contribution >= 0.6 is 0 Å². The van der Waals surface area contributed by atoms with Crippen molar-refractivity contribution in [3.05, 3.63) is 29.6 Å². The highest BCUT2D eigenvalue weighted by Gasteiger charge is 2.22. The fourth-order valence-corrected chi connectivity index (χ4v) is 1.33. The van der Waals surface area contributed by atoms with Gasteiger partial charge in [0, 0.05) is 6.04 Å². The van der Waals surface area contributed by atoms with Crippen molar-refractivity contribution in [2.24, 2.45) is 5.41 Å². The number of halogens is 1. The Morgan fingerprint density at radius 3 is 2.40 bits per heavy atom. The molecule has 20 heavy (non-hydrogen) atoms. The van der Waals surface area contributed by atoms with Gasteiger partial charge in [-0.3, -0.25) is 0 Å². The number of carboxylic acid groups (broad SMARTS) is 1. The molecule has 0 saturated carbocycles. The molecule has 0 fully saturated rings. The van der Waals surface area contributed by atoms with Crippen molar-refractivity contribution in [3.8, 4) is 0 Å². The van der Waals surface area contributed by atoms with E-state index in [0.717, 1.165) is 18.2 Å². The number of anilines is 1. The van der Waals surface area contributed by atoms with E-state index in [4.69, 9.17) is 5.11 Å².